The first-order valence-electron chi connectivity index (χ1n) is 13.3. The van der Waals surface area contributed by atoms with Crippen LogP contribution in [0.5, 0.6) is 11.6 Å². The number of hydrogen-bond donors (Lipinski definition) is 2. The molecule has 0 atom stereocenters. The lowest BCUT2D eigenvalue weighted by Gasteiger charge is -2.27. The van der Waals surface area contributed by atoms with Gasteiger partial charge in [0.25, 0.3) is 5.91 Å². The molecule has 0 saturated heterocycles. The van der Waals surface area contributed by atoms with Crippen LogP contribution in [-0.2, 0) is 11.3 Å². The predicted molar refractivity (Wildman–Crippen MR) is 149 cm³/mol. The molecule has 202 valence electrons. The van der Waals surface area contributed by atoms with E-state index in [9.17, 15) is 14.7 Å². The molecule has 5 rings (SSSR count). The Kier molecular flexibility index (Phi) is 7.81. The number of nitrogens with zero attached hydrogens (tertiary/aromatic N) is 2. The number of amides is 1. The minimum absolute atomic E-state index is 0.0294. The van der Waals surface area contributed by atoms with Crippen LogP contribution in [0, 0.1) is 5.92 Å². The van der Waals surface area contributed by atoms with Gasteiger partial charge in [0.15, 0.2) is 0 Å². The molecule has 2 N–H and O–H groups in total. The number of benzene rings is 2. The van der Waals surface area contributed by atoms with Gasteiger partial charge in [0.2, 0.25) is 5.88 Å². The van der Waals surface area contributed by atoms with Crippen LogP contribution in [0.15, 0.2) is 67.0 Å². The van der Waals surface area contributed by atoms with Gasteiger partial charge in [-0.05, 0) is 68.0 Å². The maximum atomic E-state index is 13.4. The molecule has 2 aromatic carbocycles. The van der Waals surface area contributed by atoms with Gasteiger partial charge < -0.3 is 24.5 Å². The summed E-state index contributed by atoms with van der Waals surface area (Å²) < 4.78 is 13.1. The number of rotatable bonds is 9. The molecule has 4 aromatic rings. The molecule has 0 bridgehead atoms. The largest absolute Gasteiger partial charge is 0.496 e. The lowest BCUT2D eigenvalue weighted by Crippen LogP contribution is -2.38. The normalized spacial score (nSPS) is 17.1. The Hall–Kier alpha value is -4.33. The average Bonchev–Trinajstić information content (AvgIpc) is 3.37. The molecule has 1 fully saturated rings. The number of carbonyl (C=O) groups is 2. The van der Waals surface area contributed by atoms with Crippen molar-refractivity contribution >= 4 is 22.8 Å². The molecule has 1 amide bonds. The second kappa shape index (κ2) is 11.6. The first-order valence-corrected chi connectivity index (χ1v) is 13.3. The van der Waals surface area contributed by atoms with Crippen molar-refractivity contribution in [3.63, 3.8) is 0 Å². The SMILES string of the molecule is CCOc1ccc(-c2ccc(Cn3ccc4c(OC)ccc(C(=O)NC5CCC(C(=O)O)CC5)c43)cc2)cn1. The molecule has 1 aliphatic rings. The Bertz CT molecular complexity index is 1450. The third kappa shape index (κ3) is 5.74. The molecular formula is C31H33N3O5. The summed E-state index contributed by atoms with van der Waals surface area (Å²) in [4.78, 5) is 29.1. The molecule has 0 unspecified atom stereocenters. The number of carboxylic acids is 1. The minimum atomic E-state index is -0.751. The summed E-state index contributed by atoms with van der Waals surface area (Å²) in [6.45, 7) is 3.10. The van der Waals surface area contributed by atoms with E-state index in [1.807, 2.05) is 43.6 Å². The summed E-state index contributed by atoms with van der Waals surface area (Å²) in [5, 5.41) is 13.3. The number of carboxylic acid groups (broad SMARTS) is 1. The first-order chi connectivity index (χ1) is 19.0. The number of nitrogens with one attached hydrogen (secondary N) is 1. The molecule has 0 aliphatic heterocycles. The van der Waals surface area contributed by atoms with E-state index in [0.717, 1.165) is 27.6 Å². The predicted octanol–water partition coefficient (Wildman–Crippen LogP) is 5.53. The van der Waals surface area contributed by atoms with Crippen LogP contribution in [0.25, 0.3) is 22.0 Å². The third-order valence-electron chi connectivity index (χ3n) is 7.43. The Morgan fingerprint density at radius 2 is 1.74 bits per heavy atom. The second-order valence-corrected chi connectivity index (χ2v) is 9.90. The zero-order valence-corrected chi connectivity index (χ0v) is 22.2. The van der Waals surface area contributed by atoms with E-state index in [1.165, 1.54) is 0 Å². The van der Waals surface area contributed by atoms with Crippen molar-refractivity contribution in [3.8, 4) is 22.8 Å². The molecular weight excluding hydrogens is 494 g/mol. The van der Waals surface area contributed by atoms with E-state index in [0.29, 0.717) is 56.0 Å². The quantitative estimate of drug-likeness (QED) is 0.297. The highest BCUT2D eigenvalue weighted by Crippen LogP contribution is 2.31. The fraction of sp³-hybridized carbons (Fsp3) is 0.323. The minimum Gasteiger partial charge on any atom is -0.496 e. The zero-order chi connectivity index (χ0) is 27.4. The van der Waals surface area contributed by atoms with Crippen LogP contribution in [0.1, 0.15) is 48.5 Å². The number of aromatic nitrogens is 2. The maximum absolute atomic E-state index is 13.4. The maximum Gasteiger partial charge on any atom is 0.306 e. The molecule has 0 radical (unpaired) electrons. The smallest absolute Gasteiger partial charge is 0.306 e. The monoisotopic (exact) mass is 527 g/mol. The van der Waals surface area contributed by atoms with E-state index in [-0.39, 0.29) is 17.9 Å². The van der Waals surface area contributed by atoms with E-state index < -0.39 is 5.97 Å². The number of aliphatic carboxylic acids is 1. The summed E-state index contributed by atoms with van der Waals surface area (Å²) in [6.07, 6.45) is 6.28. The van der Waals surface area contributed by atoms with Crippen molar-refractivity contribution in [2.45, 2.75) is 45.2 Å². The van der Waals surface area contributed by atoms with Gasteiger partial charge in [-0.2, -0.15) is 0 Å². The number of ether oxygens (including phenoxy) is 2. The number of hydrogen-bond acceptors (Lipinski definition) is 5. The van der Waals surface area contributed by atoms with Crippen LogP contribution in [0.3, 0.4) is 0 Å². The van der Waals surface area contributed by atoms with Gasteiger partial charge in [0, 0.05) is 42.0 Å². The number of carbonyl (C=O) groups excluding carboxylic acids is 1. The van der Waals surface area contributed by atoms with Crippen molar-refractivity contribution in [3.05, 3.63) is 78.1 Å². The van der Waals surface area contributed by atoms with Crippen molar-refractivity contribution in [2.24, 2.45) is 5.92 Å². The van der Waals surface area contributed by atoms with Crippen LogP contribution >= 0.6 is 0 Å². The average molecular weight is 528 g/mol. The topological polar surface area (TPSA) is 103 Å². The van der Waals surface area contributed by atoms with Crippen molar-refractivity contribution in [1.82, 2.24) is 14.9 Å². The first kappa shape index (κ1) is 26.3. The molecule has 0 spiro atoms. The molecule has 8 heteroatoms. The van der Waals surface area contributed by atoms with Crippen LogP contribution in [0.4, 0.5) is 0 Å². The summed E-state index contributed by atoms with van der Waals surface area (Å²) in [6, 6.07) is 17.7. The highest BCUT2D eigenvalue weighted by molar-refractivity contribution is 6.07. The van der Waals surface area contributed by atoms with Crippen LogP contribution in [-0.4, -0.2) is 46.3 Å². The molecule has 2 aromatic heterocycles. The van der Waals surface area contributed by atoms with Gasteiger partial charge in [-0.25, -0.2) is 4.98 Å². The summed E-state index contributed by atoms with van der Waals surface area (Å²) in [5.41, 5.74) is 4.55. The van der Waals surface area contributed by atoms with Gasteiger partial charge in [0.1, 0.15) is 5.75 Å². The Morgan fingerprint density at radius 3 is 2.38 bits per heavy atom. The van der Waals surface area contributed by atoms with Gasteiger partial charge in [-0.1, -0.05) is 24.3 Å². The van der Waals surface area contributed by atoms with E-state index >= 15 is 0 Å². The Labute approximate surface area is 227 Å². The standard InChI is InChI=1S/C31H33N3O5/c1-3-39-28-15-10-23(18-32-28)21-6-4-20(5-7-21)19-34-17-16-25-27(38-2)14-13-26(29(25)34)30(35)33-24-11-8-22(9-12-24)31(36)37/h4-7,10,13-18,22,24H,3,8-9,11-12,19H2,1-2H3,(H,33,35)(H,36,37). The third-order valence-corrected chi connectivity index (χ3v) is 7.43. The van der Waals surface area contributed by atoms with Gasteiger partial charge >= 0.3 is 5.97 Å². The Morgan fingerprint density at radius 1 is 1.00 bits per heavy atom. The molecule has 1 aliphatic carbocycles. The number of pyridine rings is 1. The van der Waals surface area contributed by atoms with Crippen molar-refractivity contribution in [2.75, 3.05) is 13.7 Å². The molecule has 1 saturated carbocycles. The second-order valence-electron chi connectivity index (χ2n) is 9.90. The van der Waals surface area contributed by atoms with E-state index in [2.05, 4.69) is 39.1 Å². The summed E-state index contributed by atoms with van der Waals surface area (Å²) >= 11 is 0. The van der Waals surface area contributed by atoms with Crippen molar-refractivity contribution in [1.29, 1.82) is 0 Å². The van der Waals surface area contributed by atoms with E-state index in [4.69, 9.17) is 9.47 Å². The highest BCUT2D eigenvalue weighted by atomic mass is 16.5. The van der Waals surface area contributed by atoms with Gasteiger partial charge in [0.05, 0.1) is 30.7 Å². The molecule has 39 heavy (non-hydrogen) atoms. The van der Waals surface area contributed by atoms with E-state index in [1.54, 1.807) is 13.2 Å². The fourth-order valence-corrected chi connectivity index (χ4v) is 5.32. The lowest BCUT2D eigenvalue weighted by molar-refractivity contribution is -0.142. The van der Waals surface area contributed by atoms with Gasteiger partial charge in [-0.3, -0.25) is 9.59 Å². The summed E-state index contributed by atoms with van der Waals surface area (Å²) in [7, 11) is 1.63. The molecule has 8 nitrogen and oxygen atoms in total. The highest BCUT2D eigenvalue weighted by Gasteiger charge is 2.27. The number of methoxy groups -OCH3 is 1. The van der Waals surface area contributed by atoms with Crippen LogP contribution in [0.2, 0.25) is 0 Å². The fourth-order valence-electron chi connectivity index (χ4n) is 5.32. The zero-order valence-electron chi connectivity index (χ0n) is 22.2. The molecule has 2 heterocycles. The lowest BCUT2D eigenvalue weighted by atomic mass is 9.86. The Balaban J connectivity index is 1.36. The number of fused-ring (bicyclic) bond motifs is 1. The van der Waals surface area contributed by atoms with Gasteiger partial charge in [-0.15, -0.1) is 0 Å². The summed E-state index contributed by atoms with van der Waals surface area (Å²) in [5.74, 6) is 0.0970. The van der Waals surface area contributed by atoms with Crippen LogP contribution < -0.4 is 14.8 Å². The van der Waals surface area contributed by atoms with Crippen molar-refractivity contribution < 1.29 is 24.2 Å².